The maximum Gasteiger partial charge on any atom is 0.347 e. The zero-order valence-corrected chi connectivity index (χ0v) is 9.85. The van der Waals surface area contributed by atoms with Crippen LogP contribution in [-0.2, 0) is 16.6 Å². The summed E-state index contributed by atoms with van der Waals surface area (Å²) in [5, 5.41) is 13.1. The predicted molar refractivity (Wildman–Crippen MR) is 56.6 cm³/mol. The lowest BCUT2D eigenvalue weighted by molar-refractivity contribution is -0.147. The van der Waals surface area contributed by atoms with Gasteiger partial charge in [-0.1, -0.05) is 0 Å². The molecule has 1 unspecified atom stereocenters. The van der Waals surface area contributed by atoms with Gasteiger partial charge in [-0.2, -0.15) is 5.10 Å². The van der Waals surface area contributed by atoms with Crippen LogP contribution < -0.4 is 4.74 Å². The average Bonchev–Trinajstić information content (AvgIpc) is 2.43. The zero-order chi connectivity index (χ0) is 12.3. The third-order valence-corrected chi connectivity index (χ3v) is 2.30. The summed E-state index contributed by atoms with van der Waals surface area (Å²) in [6.45, 7) is 3.60. The normalized spacial score (nSPS) is 12.5. The summed E-state index contributed by atoms with van der Waals surface area (Å²) < 4.78 is 11.8. The lowest BCUT2D eigenvalue weighted by atomic mass is 10.3. The first-order chi connectivity index (χ1) is 7.47. The molecule has 1 N–H and O–H groups in total. The maximum atomic E-state index is 10.9. The van der Waals surface area contributed by atoms with Crippen molar-refractivity contribution in [2.75, 3.05) is 13.7 Å². The first kappa shape index (κ1) is 12.5. The molecule has 0 radical (unpaired) electrons. The molecular weight excluding hydrogens is 212 g/mol. The number of hydrogen-bond donors (Lipinski definition) is 1. The van der Waals surface area contributed by atoms with Crippen LogP contribution >= 0.6 is 0 Å². The highest BCUT2D eigenvalue weighted by Crippen LogP contribution is 2.22. The Morgan fingerprint density at radius 2 is 2.19 bits per heavy atom. The number of hydrogen-bond acceptors (Lipinski definition) is 4. The second-order valence-corrected chi connectivity index (χ2v) is 3.52. The molecular formula is C10H16N2O4. The van der Waals surface area contributed by atoms with E-state index in [1.54, 1.807) is 18.7 Å². The standard InChI is InChI=1S/C10H16N2O4/c1-6-9(7(2)12(3)11-6)16-8(5-15-4)10(13)14/h8H,5H2,1-4H3,(H,13,14). The smallest absolute Gasteiger partial charge is 0.347 e. The van der Waals surface area contributed by atoms with Gasteiger partial charge in [0.2, 0.25) is 6.10 Å². The van der Waals surface area contributed by atoms with E-state index in [4.69, 9.17) is 14.6 Å². The minimum atomic E-state index is -1.05. The van der Waals surface area contributed by atoms with E-state index >= 15 is 0 Å². The van der Waals surface area contributed by atoms with Gasteiger partial charge in [-0.15, -0.1) is 0 Å². The summed E-state index contributed by atoms with van der Waals surface area (Å²) in [7, 11) is 3.21. The number of rotatable bonds is 5. The van der Waals surface area contributed by atoms with Gasteiger partial charge in [0.1, 0.15) is 5.69 Å². The SMILES string of the molecule is COCC(Oc1c(C)nn(C)c1C)C(=O)O. The van der Waals surface area contributed by atoms with E-state index in [1.807, 2.05) is 6.92 Å². The quantitative estimate of drug-likeness (QED) is 0.795. The molecule has 0 saturated heterocycles. The van der Waals surface area contributed by atoms with Crippen molar-refractivity contribution in [2.24, 2.45) is 7.05 Å². The number of nitrogens with zero attached hydrogens (tertiary/aromatic N) is 2. The molecule has 0 aliphatic heterocycles. The van der Waals surface area contributed by atoms with Crippen molar-refractivity contribution in [3.05, 3.63) is 11.4 Å². The number of methoxy groups -OCH3 is 1. The number of aryl methyl sites for hydroxylation is 2. The van der Waals surface area contributed by atoms with E-state index in [-0.39, 0.29) is 6.61 Å². The Morgan fingerprint density at radius 3 is 2.56 bits per heavy atom. The number of aromatic nitrogens is 2. The molecule has 0 saturated carbocycles. The highest BCUT2D eigenvalue weighted by Gasteiger charge is 2.22. The summed E-state index contributed by atoms with van der Waals surface area (Å²) >= 11 is 0. The molecule has 0 spiro atoms. The van der Waals surface area contributed by atoms with Crippen LogP contribution in [0.4, 0.5) is 0 Å². The van der Waals surface area contributed by atoms with Gasteiger partial charge in [0, 0.05) is 14.2 Å². The fraction of sp³-hybridized carbons (Fsp3) is 0.600. The van der Waals surface area contributed by atoms with E-state index < -0.39 is 12.1 Å². The van der Waals surface area contributed by atoms with Gasteiger partial charge in [-0.05, 0) is 13.8 Å². The molecule has 6 heteroatoms. The number of aliphatic carboxylic acids is 1. The first-order valence-corrected chi connectivity index (χ1v) is 4.86. The van der Waals surface area contributed by atoms with Crippen LogP contribution in [0, 0.1) is 13.8 Å². The summed E-state index contributed by atoms with van der Waals surface area (Å²) in [6, 6.07) is 0. The zero-order valence-electron chi connectivity index (χ0n) is 9.85. The topological polar surface area (TPSA) is 73.6 Å². The molecule has 0 aliphatic carbocycles. The van der Waals surface area contributed by atoms with E-state index in [0.717, 1.165) is 5.69 Å². The molecule has 6 nitrogen and oxygen atoms in total. The summed E-state index contributed by atoms with van der Waals surface area (Å²) in [4.78, 5) is 10.9. The summed E-state index contributed by atoms with van der Waals surface area (Å²) in [6.07, 6.45) is -1.01. The molecule has 90 valence electrons. The predicted octanol–water partition coefficient (Wildman–Crippen LogP) is 0.515. The molecule has 0 aliphatic rings. The molecule has 1 atom stereocenters. The fourth-order valence-corrected chi connectivity index (χ4v) is 1.37. The fourth-order valence-electron chi connectivity index (χ4n) is 1.37. The van der Waals surface area contributed by atoms with E-state index in [1.165, 1.54) is 7.11 Å². The Labute approximate surface area is 93.8 Å². The lowest BCUT2D eigenvalue weighted by Gasteiger charge is -2.14. The Bertz CT molecular complexity index is 386. The largest absolute Gasteiger partial charge is 0.478 e. The Morgan fingerprint density at radius 1 is 1.56 bits per heavy atom. The van der Waals surface area contributed by atoms with Gasteiger partial charge in [0.25, 0.3) is 0 Å². The second kappa shape index (κ2) is 4.98. The maximum absolute atomic E-state index is 10.9. The van der Waals surface area contributed by atoms with Gasteiger partial charge < -0.3 is 14.6 Å². The summed E-state index contributed by atoms with van der Waals surface area (Å²) in [5.74, 6) is -0.545. The molecule has 0 bridgehead atoms. The van der Waals surface area contributed by atoms with Gasteiger partial charge in [0.15, 0.2) is 5.75 Å². The lowest BCUT2D eigenvalue weighted by Crippen LogP contribution is -2.31. The van der Waals surface area contributed by atoms with Crippen molar-refractivity contribution in [1.29, 1.82) is 0 Å². The van der Waals surface area contributed by atoms with Crippen LogP contribution in [-0.4, -0.2) is 40.7 Å². The Hall–Kier alpha value is -1.56. The number of ether oxygens (including phenoxy) is 2. The molecule has 0 aromatic carbocycles. The monoisotopic (exact) mass is 228 g/mol. The molecule has 1 aromatic heterocycles. The Balaban J connectivity index is 2.88. The van der Waals surface area contributed by atoms with Crippen molar-refractivity contribution in [3.63, 3.8) is 0 Å². The van der Waals surface area contributed by atoms with Crippen LogP contribution in [0.1, 0.15) is 11.4 Å². The van der Waals surface area contributed by atoms with Crippen molar-refractivity contribution in [2.45, 2.75) is 20.0 Å². The Kier molecular flexibility index (Phi) is 3.89. The van der Waals surface area contributed by atoms with Crippen molar-refractivity contribution in [1.82, 2.24) is 9.78 Å². The molecule has 1 heterocycles. The third kappa shape index (κ3) is 2.52. The number of carbonyl (C=O) groups is 1. The molecule has 0 fully saturated rings. The van der Waals surface area contributed by atoms with Crippen molar-refractivity contribution >= 4 is 5.97 Å². The van der Waals surface area contributed by atoms with Gasteiger partial charge >= 0.3 is 5.97 Å². The summed E-state index contributed by atoms with van der Waals surface area (Å²) in [5.41, 5.74) is 1.46. The average molecular weight is 228 g/mol. The minimum absolute atomic E-state index is 0.00308. The third-order valence-electron chi connectivity index (χ3n) is 2.30. The van der Waals surface area contributed by atoms with Gasteiger partial charge in [0.05, 0.1) is 12.3 Å². The number of carboxylic acid groups (broad SMARTS) is 1. The van der Waals surface area contributed by atoms with E-state index in [2.05, 4.69) is 5.10 Å². The number of carboxylic acids is 1. The van der Waals surface area contributed by atoms with Crippen molar-refractivity contribution in [3.8, 4) is 5.75 Å². The molecule has 16 heavy (non-hydrogen) atoms. The van der Waals surface area contributed by atoms with E-state index in [9.17, 15) is 4.79 Å². The van der Waals surface area contributed by atoms with E-state index in [0.29, 0.717) is 11.4 Å². The molecule has 0 amide bonds. The molecule has 1 aromatic rings. The van der Waals surface area contributed by atoms with Crippen LogP contribution in [0.15, 0.2) is 0 Å². The first-order valence-electron chi connectivity index (χ1n) is 4.86. The van der Waals surface area contributed by atoms with Gasteiger partial charge in [-0.3, -0.25) is 4.68 Å². The second-order valence-electron chi connectivity index (χ2n) is 3.52. The highest BCUT2D eigenvalue weighted by molar-refractivity contribution is 5.73. The van der Waals surface area contributed by atoms with Gasteiger partial charge in [-0.25, -0.2) is 4.79 Å². The van der Waals surface area contributed by atoms with Crippen molar-refractivity contribution < 1.29 is 19.4 Å². The van der Waals surface area contributed by atoms with Crippen LogP contribution in [0.25, 0.3) is 0 Å². The minimum Gasteiger partial charge on any atom is -0.478 e. The van der Waals surface area contributed by atoms with Crippen LogP contribution in [0.2, 0.25) is 0 Å². The van der Waals surface area contributed by atoms with Crippen LogP contribution in [0.3, 0.4) is 0 Å². The van der Waals surface area contributed by atoms with Crippen LogP contribution in [0.5, 0.6) is 5.75 Å². The highest BCUT2D eigenvalue weighted by atomic mass is 16.5. The molecule has 1 rings (SSSR count).